The van der Waals surface area contributed by atoms with Crippen LogP contribution in [0.15, 0.2) is 15.2 Å². The summed E-state index contributed by atoms with van der Waals surface area (Å²) in [6.07, 6.45) is 5.36. The first-order chi connectivity index (χ1) is 6.38. The van der Waals surface area contributed by atoms with Gasteiger partial charge in [-0.2, -0.15) is 11.3 Å². The summed E-state index contributed by atoms with van der Waals surface area (Å²) in [5.41, 5.74) is 1.45. The van der Waals surface area contributed by atoms with E-state index < -0.39 is 0 Å². The van der Waals surface area contributed by atoms with Gasteiger partial charge in [0.2, 0.25) is 0 Å². The monoisotopic (exact) mass is 259 g/mol. The first-order valence-electron chi connectivity index (χ1n) is 4.83. The van der Waals surface area contributed by atoms with Crippen molar-refractivity contribution in [1.29, 1.82) is 0 Å². The molecule has 0 radical (unpaired) electrons. The third-order valence-corrected chi connectivity index (χ3v) is 4.33. The topological polar surface area (TPSA) is 12.0 Å². The van der Waals surface area contributed by atoms with Crippen LogP contribution in [0.5, 0.6) is 0 Å². The minimum absolute atomic E-state index is 0.586. The maximum Gasteiger partial charge on any atom is 0.0339 e. The lowest BCUT2D eigenvalue weighted by Crippen LogP contribution is -2.19. The number of hydrogen-bond donors (Lipinski definition) is 1. The van der Waals surface area contributed by atoms with Crippen LogP contribution in [-0.4, -0.2) is 6.54 Å². The van der Waals surface area contributed by atoms with Gasteiger partial charge >= 0.3 is 0 Å². The van der Waals surface area contributed by atoms with Crippen molar-refractivity contribution >= 4 is 27.3 Å². The van der Waals surface area contributed by atoms with Gasteiger partial charge in [0.05, 0.1) is 0 Å². The van der Waals surface area contributed by atoms with Crippen molar-refractivity contribution < 1.29 is 0 Å². The fraction of sp³-hybridized carbons (Fsp3) is 0.600. The van der Waals surface area contributed by atoms with E-state index >= 15 is 0 Å². The summed E-state index contributed by atoms with van der Waals surface area (Å²) in [5.74, 6) is 0. The Labute approximate surface area is 91.7 Å². The third kappa shape index (κ3) is 2.33. The highest BCUT2D eigenvalue weighted by molar-refractivity contribution is 9.10. The highest BCUT2D eigenvalue weighted by Gasteiger charge is 2.16. The average Bonchev–Trinajstić information content (AvgIpc) is 2.43. The normalized spacial score (nSPS) is 24.2. The summed E-state index contributed by atoms with van der Waals surface area (Å²) >= 11 is 5.38. The number of rotatable bonds is 1. The van der Waals surface area contributed by atoms with E-state index in [1.807, 2.05) is 0 Å². The van der Waals surface area contributed by atoms with Crippen molar-refractivity contribution in [1.82, 2.24) is 5.32 Å². The van der Waals surface area contributed by atoms with Gasteiger partial charge in [-0.05, 0) is 46.3 Å². The zero-order valence-corrected chi connectivity index (χ0v) is 9.96. The molecular weight excluding hydrogens is 246 g/mol. The molecule has 1 saturated heterocycles. The second-order valence-corrected chi connectivity index (χ2v) is 5.13. The molecule has 2 rings (SSSR count). The molecule has 1 aromatic rings. The Bertz CT molecular complexity index is 264. The van der Waals surface area contributed by atoms with Gasteiger partial charge in [-0.1, -0.05) is 12.8 Å². The molecule has 1 nitrogen and oxygen atoms in total. The SMILES string of the molecule is Brc1cscc1C1CCCCCN1. The van der Waals surface area contributed by atoms with Crippen LogP contribution in [-0.2, 0) is 0 Å². The molecule has 1 N–H and O–H groups in total. The number of thiophene rings is 1. The van der Waals surface area contributed by atoms with Gasteiger partial charge in [-0.3, -0.25) is 0 Å². The lowest BCUT2D eigenvalue weighted by Gasteiger charge is -2.14. The minimum Gasteiger partial charge on any atom is -0.310 e. The van der Waals surface area contributed by atoms with Crippen molar-refractivity contribution in [3.05, 3.63) is 20.8 Å². The molecule has 1 fully saturated rings. The van der Waals surface area contributed by atoms with Crippen LogP contribution in [0.3, 0.4) is 0 Å². The molecule has 2 heterocycles. The molecule has 0 bridgehead atoms. The van der Waals surface area contributed by atoms with Crippen molar-refractivity contribution in [3.63, 3.8) is 0 Å². The van der Waals surface area contributed by atoms with Crippen LogP contribution in [0, 0.1) is 0 Å². The molecule has 0 saturated carbocycles. The van der Waals surface area contributed by atoms with E-state index in [1.165, 1.54) is 42.3 Å². The van der Waals surface area contributed by atoms with Crippen LogP contribution in [0.2, 0.25) is 0 Å². The van der Waals surface area contributed by atoms with Crippen molar-refractivity contribution in [2.45, 2.75) is 31.7 Å². The minimum atomic E-state index is 0.586. The fourth-order valence-electron chi connectivity index (χ4n) is 1.83. The summed E-state index contributed by atoms with van der Waals surface area (Å²) in [7, 11) is 0. The Morgan fingerprint density at radius 2 is 2.23 bits per heavy atom. The van der Waals surface area contributed by atoms with Crippen LogP contribution in [0.4, 0.5) is 0 Å². The van der Waals surface area contributed by atoms with Crippen LogP contribution in [0.25, 0.3) is 0 Å². The summed E-state index contributed by atoms with van der Waals surface area (Å²) in [6.45, 7) is 1.17. The zero-order chi connectivity index (χ0) is 9.10. The van der Waals surface area contributed by atoms with E-state index in [0.717, 1.165) is 0 Å². The average molecular weight is 260 g/mol. The molecule has 0 aliphatic carbocycles. The van der Waals surface area contributed by atoms with E-state index in [0.29, 0.717) is 6.04 Å². The molecule has 1 aromatic heterocycles. The molecule has 1 atom stereocenters. The van der Waals surface area contributed by atoms with Crippen LogP contribution < -0.4 is 5.32 Å². The molecule has 1 unspecified atom stereocenters. The molecule has 1 aliphatic rings. The van der Waals surface area contributed by atoms with Crippen molar-refractivity contribution in [2.75, 3.05) is 6.54 Å². The van der Waals surface area contributed by atoms with Gasteiger partial charge < -0.3 is 5.32 Å². The van der Waals surface area contributed by atoms with Gasteiger partial charge in [-0.25, -0.2) is 0 Å². The molecule has 1 aliphatic heterocycles. The highest BCUT2D eigenvalue weighted by Crippen LogP contribution is 2.31. The smallest absolute Gasteiger partial charge is 0.0339 e. The van der Waals surface area contributed by atoms with Crippen LogP contribution in [0.1, 0.15) is 37.3 Å². The predicted octanol–water partition coefficient (Wildman–Crippen LogP) is 3.72. The summed E-state index contributed by atoms with van der Waals surface area (Å²) in [4.78, 5) is 0. The molecular formula is C10H14BrNS. The van der Waals surface area contributed by atoms with Crippen LogP contribution >= 0.6 is 27.3 Å². The highest BCUT2D eigenvalue weighted by atomic mass is 79.9. The van der Waals surface area contributed by atoms with E-state index in [9.17, 15) is 0 Å². The Morgan fingerprint density at radius 1 is 1.31 bits per heavy atom. The first kappa shape index (κ1) is 9.69. The third-order valence-electron chi connectivity index (χ3n) is 2.58. The van der Waals surface area contributed by atoms with E-state index in [-0.39, 0.29) is 0 Å². The summed E-state index contributed by atoms with van der Waals surface area (Å²) in [5, 5.41) is 8.03. The van der Waals surface area contributed by atoms with E-state index in [2.05, 4.69) is 32.0 Å². The lowest BCUT2D eigenvalue weighted by atomic mass is 10.1. The number of halogens is 1. The van der Waals surface area contributed by atoms with Gasteiger partial charge in [0.1, 0.15) is 0 Å². The van der Waals surface area contributed by atoms with E-state index in [4.69, 9.17) is 0 Å². The molecule has 72 valence electrons. The number of hydrogen-bond acceptors (Lipinski definition) is 2. The second-order valence-electron chi connectivity index (χ2n) is 3.53. The Morgan fingerprint density at radius 3 is 3.00 bits per heavy atom. The number of nitrogens with one attached hydrogen (secondary N) is 1. The van der Waals surface area contributed by atoms with Crippen molar-refractivity contribution in [3.8, 4) is 0 Å². The predicted molar refractivity (Wildman–Crippen MR) is 61.2 cm³/mol. The van der Waals surface area contributed by atoms with Crippen molar-refractivity contribution in [2.24, 2.45) is 0 Å². The summed E-state index contributed by atoms with van der Waals surface area (Å²) in [6, 6.07) is 0.586. The van der Waals surface area contributed by atoms with E-state index in [1.54, 1.807) is 11.3 Å². The maximum atomic E-state index is 3.60. The van der Waals surface area contributed by atoms with Gasteiger partial charge in [0.25, 0.3) is 0 Å². The molecule has 13 heavy (non-hydrogen) atoms. The van der Waals surface area contributed by atoms with Gasteiger partial charge in [0.15, 0.2) is 0 Å². The Kier molecular flexibility index (Phi) is 3.41. The molecule has 3 heteroatoms. The lowest BCUT2D eigenvalue weighted by molar-refractivity contribution is 0.534. The maximum absolute atomic E-state index is 3.60. The Balaban J connectivity index is 2.10. The molecule has 0 aromatic carbocycles. The summed E-state index contributed by atoms with van der Waals surface area (Å²) < 4.78 is 1.27. The second kappa shape index (κ2) is 4.58. The van der Waals surface area contributed by atoms with Gasteiger partial charge in [0, 0.05) is 15.9 Å². The van der Waals surface area contributed by atoms with Gasteiger partial charge in [-0.15, -0.1) is 0 Å². The first-order valence-corrected chi connectivity index (χ1v) is 6.56. The molecule has 0 spiro atoms. The standard InChI is InChI=1S/C10H14BrNS/c11-9-7-13-6-8(9)10-4-2-1-3-5-12-10/h6-7,10,12H,1-5H2. The largest absolute Gasteiger partial charge is 0.310 e. The quantitative estimate of drug-likeness (QED) is 0.811. The fourth-order valence-corrected chi connectivity index (χ4v) is 3.46. The molecule has 0 amide bonds. The zero-order valence-electron chi connectivity index (χ0n) is 7.55. The Hall–Kier alpha value is 0.140.